The van der Waals surface area contributed by atoms with E-state index in [-0.39, 0.29) is 5.92 Å². The quantitative estimate of drug-likeness (QED) is 0.893. The average molecular weight is 336 g/mol. The molecule has 2 aromatic rings. The summed E-state index contributed by atoms with van der Waals surface area (Å²) >= 11 is 3.48. The molecule has 20 heavy (non-hydrogen) atoms. The van der Waals surface area contributed by atoms with Crippen LogP contribution in [0.3, 0.4) is 0 Å². The zero-order valence-corrected chi connectivity index (χ0v) is 13.7. The van der Waals surface area contributed by atoms with Crippen LogP contribution >= 0.6 is 15.9 Å². The van der Waals surface area contributed by atoms with Crippen LogP contribution in [0.15, 0.2) is 28.7 Å². The molecule has 1 N–H and O–H groups in total. The molecule has 0 unspecified atom stereocenters. The molecule has 4 nitrogen and oxygen atoms in total. The highest BCUT2D eigenvalue weighted by Crippen LogP contribution is 2.32. The summed E-state index contributed by atoms with van der Waals surface area (Å²) in [5.41, 5.74) is 0.896. The fraction of sp³-hybridized carbons (Fsp3) is 0.333. The number of para-hydroxylation sites is 1. The van der Waals surface area contributed by atoms with Crippen LogP contribution in [0.5, 0.6) is 11.6 Å². The molecule has 0 bridgehead atoms. The monoisotopic (exact) mass is 335 g/mol. The second kappa shape index (κ2) is 6.22. The summed E-state index contributed by atoms with van der Waals surface area (Å²) in [6.07, 6.45) is 0. The maximum absolute atomic E-state index is 5.94. The fourth-order valence-electron chi connectivity index (χ4n) is 1.75. The summed E-state index contributed by atoms with van der Waals surface area (Å²) < 4.78 is 6.83. The first-order chi connectivity index (χ1) is 9.52. The number of halogens is 1. The van der Waals surface area contributed by atoms with Crippen molar-refractivity contribution < 1.29 is 4.74 Å². The Morgan fingerprint density at radius 2 is 1.90 bits per heavy atom. The predicted molar refractivity (Wildman–Crippen MR) is 84.6 cm³/mol. The number of anilines is 1. The molecule has 0 saturated heterocycles. The maximum atomic E-state index is 5.94. The van der Waals surface area contributed by atoms with E-state index in [0.717, 1.165) is 27.4 Å². The molecular weight excluding hydrogens is 318 g/mol. The Morgan fingerprint density at radius 3 is 2.50 bits per heavy atom. The number of hydrogen-bond donors (Lipinski definition) is 1. The Balaban J connectivity index is 2.45. The molecule has 106 valence electrons. The Hall–Kier alpha value is -1.62. The number of aromatic nitrogens is 2. The molecular formula is C15H18BrN3O. The third-order valence-electron chi connectivity index (χ3n) is 2.91. The Morgan fingerprint density at radius 1 is 1.20 bits per heavy atom. The van der Waals surface area contributed by atoms with E-state index in [1.165, 1.54) is 0 Å². The largest absolute Gasteiger partial charge is 0.437 e. The minimum atomic E-state index is 0.240. The van der Waals surface area contributed by atoms with E-state index in [1.54, 1.807) is 0 Å². The molecule has 0 aliphatic rings. The van der Waals surface area contributed by atoms with Crippen LogP contribution in [0.25, 0.3) is 0 Å². The topological polar surface area (TPSA) is 47.0 Å². The van der Waals surface area contributed by atoms with Crippen molar-refractivity contribution in [2.45, 2.75) is 26.7 Å². The Labute approximate surface area is 127 Å². The van der Waals surface area contributed by atoms with Crippen LogP contribution in [0.1, 0.15) is 31.2 Å². The van der Waals surface area contributed by atoms with Gasteiger partial charge >= 0.3 is 0 Å². The van der Waals surface area contributed by atoms with Gasteiger partial charge in [-0.2, -0.15) is 4.98 Å². The minimum Gasteiger partial charge on any atom is -0.437 e. The van der Waals surface area contributed by atoms with Gasteiger partial charge in [0.05, 0.1) is 10.0 Å². The van der Waals surface area contributed by atoms with E-state index < -0.39 is 0 Å². The van der Waals surface area contributed by atoms with E-state index in [9.17, 15) is 0 Å². The zero-order valence-electron chi connectivity index (χ0n) is 12.1. The van der Waals surface area contributed by atoms with Gasteiger partial charge in [-0.25, -0.2) is 4.98 Å². The van der Waals surface area contributed by atoms with Crippen molar-refractivity contribution in [1.29, 1.82) is 0 Å². The molecule has 1 aromatic heterocycles. The van der Waals surface area contributed by atoms with Crippen molar-refractivity contribution in [2.75, 3.05) is 12.4 Å². The van der Waals surface area contributed by atoms with Gasteiger partial charge in [0.2, 0.25) is 5.88 Å². The lowest BCUT2D eigenvalue weighted by Gasteiger charge is -2.14. The number of nitrogens with zero attached hydrogens (tertiary/aromatic N) is 2. The molecule has 0 saturated carbocycles. The minimum absolute atomic E-state index is 0.240. The van der Waals surface area contributed by atoms with Crippen molar-refractivity contribution in [3.63, 3.8) is 0 Å². The van der Waals surface area contributed by atoms with Crippen molar-refractivity contribution in [3.05, 3.63) is 40.1 Å². The molecule has 0 aliphatic heterocycles. The second-order valence-electron chi connectivity index (χ2n) is 4.80. The zero-order chi connectivity index (χ0) is 14.7. The van der Waals surface area contributed by atoms with Gasteiger partial charge < -0.3 is 10.1 Å². The van der Waals surface area contributed by atoms with E-state index in [0.29, 0.717) is 5.88 Å². The van der Waals surface area contributed by atoms with E-state index in [2.05, 4.69) is 45.1 Å². The summed E-state index contributed by atoms with van der Waals surface area (Å²) in [7, 11) is 1.85. The number of rotatable bonds is 4. The Bertz CT molecular complexity index is 614. The van der Waals surface area contributed by atoms with Gasteiger partial charge in [0, 0.05) is 13.0 Å². The first-order valence-corrected chi connectivity index (χ1v) is 7.31. The van der Waals surface area contributed by atoms with Gasteiger partial charge in [0.15, 0.2) is 0 Å². The van der Waals surface area contributed by atoms with Crippen LogP contribution in [-0.2, 0) is 0 Å². The summed E-state index contributed by atoms with van der Waals surface area (Å²) in [6, 6.07) is 7.72. The highest BCUT2D eigenvalue weighted by atomic mass is 79.9. The molecule has 0 amide bonds. The predicted octanol–water partition coefficient (Wildman–Crippen LogP) is 4.50. The third kappa shape index (κ3) is 3.10. The third-order valence-corrected chi connectivity index (χ3v) is 3.57. The van der Waals surface area contributed by atoms with Crippen LogP contribution in [-0.4, -0.2) is 17.0 Å². The van der Waals surface area contributed by atoms with Gasteiger partial charge in [-0.05, 0) is 35.0 Å². The normalized spacial score (nSPS) is 10.7. The fourth-order valence-corrected chi connectivity index (χ4v) is 2.11. The highest BCUT2D eigenvalue weighted by molar-refractivity contribution is 9.10. The van der Waals surface area contributed by atoms with Crippen molar-refractivity contribution in [1.82, 2.24) is 9.97 Å². The van der Waals surface area contributed by atoms with E-state index in [4.69, 9.17) is 4.74 Å². The molecule has 2 rings (SSSR count). The van der Waals surface area contributed by atoms with Crippen molar-refractivity contribution in [2.24, 2.45) is 0 Å². The molecule has 0 fully saturated rings. The van der Waals surface area contributed by atoms with Gasteiger partial charge in [-0.1, -0.05) is 26.0 Å². The number of nitrogens with one attached hydrogen (secondary N) is 1. The highest BCUT2D eigenvalue weighted by Gasteiger charge is 2.14. The first-order valence-electron chi connectivity index (χ1n) is 6.51. The lowest BCUT2D eigenvalue weighted by Crippen LogP contribution is -2.06. The van der Waals surface area contributed by atoms with Gasteiger partial charge in [-0.3, -0.25) is 0 Å². The smallest absolute Gasteiger partial charge is 0.227 e. The van der Waals surface area contributed by atoms with Crippen molar-refractivity contribution in [3.8, 4) is 11.6 Å². The van der Waals surface area contributed by atoms with Crippen LogP contribution in [0.2, 0.25) is 0 Å². The summed E-state index contributed by atoms with van der Waals surface area (Å²) in [6.45, 7) is 6.07. The molecule has 1 aromatic carbocycles. The molecule has 0 spiro atoms. The van der Waals surface area contributed by atoms with Crippen LogP contribution in [0.4, 0.5) is 5.82 Å². The SMILES string of the molecule is CNc1nc(C(C)C)nc(Oc2ccccc2Br)c1C. The van der Waals surface area contributed by atoms with Gasteiger partial charge in [0.1, 0.15) is 17.4 Å². The molecule has 5 heteroatoms. The number of hydrogen-bond acceptors (Lipinski definition) is 4. The van der Waals surface area contributed by atoms with E-state index >= 15 is 0 Å². The lowest BCUT2D eigenvalue weighted by atomic mass is 10.2. The van der Waals surface area contributed by atoms with Crippen LogP contribution < -0.4 is 10.1 Å². The summed E-state index contributed by atoms with van der Waals surface area (Å²) in [5, 5.41) is 3.09. The average Bonchev–Trinajstić information content (AvgIpc) is 2.43. The number of benzene rings is 1. The maximum Gasteiger partial charge on any atom is 0.227 e. The molecule has 0 aliphatic carbocycles. The number of ether oxygens (including phenoxy) is 1. The molecule has 0 atom stereocenters. The van der Waals surface area contributed by atoms with E-state index in [1.807, 2.05) is 38.2 Å². The molecule has 0 radical (unpaired) electrons. The van der Waals surface area contributed by atoms with Gasteiger partial charge in [0.25, 0.3) is 0 Å². The lowest BCUT2D eigenvalue weighted by molar-refractivity contribution is 0.450. The van der Waals surface area contributed by atoms with Crippen molar-refractivity contribution >= 4 is 21.7 Å². The van der Waals surface area contributed by atoms with Gasteiger partial charge in [-0.15, -0.1) is 0 Å². The summed E-state index contributed by atoms with van der Waals surface area (Å²) in [5.74, 6) is 3.13. The summed E-state index contributed by atoms with van der Waals surface area (Å²) in [4.78, 5) is 9.02. The first kappa shape index (κ1) is 14.8. The second-order valence-corrected chi connectivity index (χ2v) is 5.65. The van der Waals surface area contributed by atoms with Crippen LogP contribution in [0, 0.1) is 6.92 Å². The molecule has 1 heterocycles. The Kier molecular flexibility index (Phi) is 4.60. The standard InChI is InChI=1S/C15H18BrN3O/c1-9(2)13-18-14(17-4)10(3)15(19-13)20-12-8-6-5-7-11(12)16/h5-9H,1-4H3,(H,17,18,19).